The first-order valence-corrected chi connectivity index (χ1v) is 7.76. The second-order valence-electron chi connectivity index (χ2n) is 5.51. The number of guanidine groups is 1. The third-order valence-corrected chi connectivity index (χ3v) is 2.82. The van der Waals surface area contributed by atoms with Crippen molar-refractivity contribution < 1.29 is 9.53 Å². The van der Waals surface area contributed by atoms with Crippen LogP contribution in [0.3, 0.4) is 0 Å². The molecule has 0 aromatic carbocycles. The lowest BCUT2D eigenvalue weighted by Crippen LogP contribution is -2.42. The fourth-order valence-corrected chi connectivity index (χ4v) is 1.65. The van der Waals surface area contributed by atoms with Gasteiger partial charge in [0.15, 0.2) is 5.96 Å². The Balaban J connectivity index is 2.60. The van der Waals surface area contributed by atoms with E-state index in [9.17, 15) is 4.79 Å². The van der Waals surface area contributed by atoms with Gasteiger partial charge >= 0.3 is 0 Å². The van der Waals surface area contributed by atoms with E-state index in [1.807, 2.05) is 32.9 Å². The first-order chi connectivity index (χ1) is 10.9. The zero-order chi connectivity index (χ0) is 17.2. The molecule has 7 heteroatoms. The normalized spacial score (nSPS) is 11.3. The van der Waals surface area contributed by atoms with Crippen LogP contribution in [0.1, 0.15) is 26.3 Å². The molecule has 2 N–H and O–H groups in total. The number of nitrogens with one attached hydrogen (secondary N) is 2. The summed E-state index contributed by atoms with van der Waals surface area (Å²) in [5.41, 5.74) is 0.970. The highest BCUT2D eigenvalue weighted by Gasteiger charge is 2.05. The highest BCUT2D eigenvalue weighted by atomic mass is 16.5. The van der Waals surface area contributed by atoms with Crippen molar-refractivity contribution in [3.05, 3.63) is 23.9 Å². The van der Waals surface area contributed by atoms with Crippen molar-refractivity contribution in [1.82, 2.24) is 20.5 Å². The maximum Gasteiger partial charge on any atom is 0.241 e. The lowest BCUT2D eigenvalue weighted by Gasteiger charge is -2.14. The molecule has 0 saturated carbocycles. The highest BCUT2D eigenvalue weighted by Crippen LogP contribution is 2.10. The van der Waals surface area contributed by atoms with Crippen LogP contribution in [0.2, 0.25) is 0 Å². The molecule has 0 aliphatic heterocycles. The van der Waals surface area contributed by atoms with Gasteiger partial charge in [-0.05, 0) is 26.3 Å². The molecule has 1 aromatic heterocycles. The van der Waals surface area contributed by atoms with Gasteiger partial charge in [0.1, 0.15) is 0 Å². The fourth-order valence-electron chi connectivity index (χ4n) is 1.65. The van der Waals surface area contributed by atoms with E-state index in [0.717, 1.165) is 12.1 Å². The van der Waals surface area contributed by atoms with Crippen LogP contribution in [0.5, 0.6) is 5.88 Å². The number of ether oxygens (including phenoxy) is 1. The average molecular weight is 321 g/mol. The summed E-state index contributed by atoms with van der Waals surface area (Å²) in [4.78, 5) is 21.8. The van der Waals surface area contributed by atoms with E-state index in [0.29, 0.717) is 18.4 Å². The minimum absolute atomic E-state index is 0.00698. The molecule has 0 radical (unpaired) electrons. The van der Waals surface area contributed by atoms with Crippen LogP contribution in [0.15, 0.2) is 23.3 Å². The van der Waals surface area contributed by atoms with Crippen LogP contribution in [0.25, 0.3) is 0 Å². The molecule has 1 amide bonds. The van der Waals surface area contributed by atoms with Crippen LogP contribution in [-0.4, -0.2) is 55.0 Å². The predicted octanol–water partition coefficient (Wildman–Crippen LogP) is 1.01. The van der Waals surface area contributed by atoms with Gasteiger partial charge in [0.2, 0.25) is 11.8 Å². The molecule has 7 nitrogen and oxygen atoms in total. The topological polar surface area (TPSA) is 78.9 Å². The summed E-state index contributed by atoms with van der Waals surface area (Å²) < 4.78 is 5.51. The van der Waals surface area contributed by atoms with Gasteiger partial charge in [-0.25, -0.2) is 9.98 Å². The molecule has 0 saturated heterocycles. The molecule has 1 rings (SSSR count). The monoisotopic (exact) mass is 321 g/mol. The molecule has 0 unspecified atom stereocenters. The SMILES string of the molecule is CCNC(=NCc1ccc(OC(C)C)nc1)NCC(=O)N(C)C. The number of carbonyl (C=O) groups is 1. The summed E-state index contributed by atoms with van der Waals surface area (Å²) in [6.45, 7) is 7.30. The molecule has 0 fully saturated rings. The van der Waals surface area contributed by atoms with Gasteiger partial charge in [-0.1, -0.05) is 6.07 Å². The Morgan fingerprint density at radius 3 is 2.61 bits per heavy atom. The minimum atomic E-state index is -0.00698. The van der Waals surface area contributed by atoms with Crippen molar-refractivity contribution in [3.63, 3.8) is 0 Å². The summed E-state index contributed by atoms with van der Waals surface area (Å²) >= 11 is 0. The summed E-state index contributed by atoms with van der Waals surface area (Å²) in [7, 11) is 3.45. The Labute approximate surface area is 138 Å². The maximum absolute atomic E-state index is 11.6. The zero-order valence-electron chi connectivity index (χ0n) is 14.6. The van der Waals surface area contributed by atoms with E-state index in [4.69, 9.17) is 4.74 Å². The summed E-state index contributed by atoms with van der Waals surface area (Å²) in [6.07, 6.45) is 1.85. The van der Waals surface area contributed by atoms with Gasteiger partial charge in [-0.15, -0.1) is 0 Å². The first kappa shape index (κ1) is 18.7. The third-order valence-electron chi connectivity index (χ3n) is 2.82. The molecule has 0 aliphatic carbocycles. The average Bonchev–Trinajstić information content (AvgIpc) is 2.50. The molecule has 0 bridgehead atoms. The Bertz CT molecular complexity index is 512. The van der Waals surface area contributed by atoms with Crippen molar-refractivity contribution in [2.24, 2.45) is 4.99 Å². The smallest absolute Gasteiger partial charge is 0.241 e. The van der Waals surface area contributed by atoms with Gasteiger partial charge in [-0.2, -0.15) is 0 Å². The Hall–Kier alpha value is -2.31. The number of pyridine rings is 1. The van der Waals surface area contributed by atoms with Crippen LogP contribution >= 0.6 is 0 Å². The number of amides is 1. The number of nitrogens with zero attached hydrogens (tertiary/aromatic N) is 3. The number of hydrogen-bond donors (Lipinski definition) is 2. The van der Waals surface area contributed by atoms with Crippen molar-refractivity contribution in [2.45, 2.75) is 33.4 Å². The van der Waals surface area contributed by atoms with Crippen LogP contribution < -0.4 is 15.4 Å². The van der Waals surface area contributed by atoms with Crippen LogP contribution in [0.4, 0.5) is 0 Å². The molecular formula is C16H27N5O2. The van der Waals surface area contributed by atoms with Gasteiger partial charge < -0.3 is 20.3 Å². The van der Waals surface area contributed by atoms with Crippen molar-refractivity contribution in [2.75, 3.05) is 27.2 Å². The van der Waals surface area contributed by atoms with Crippen molar-refractivity contribution in [1.29, 1.82) is 0 Å². The lowest BCUT2D eigenvalue weighted by molar-refractivity contribution is -0.127. The number of likely N-dealkylation sites (N-methyl/N-ethyl adjacent to an activating group) is 1. The molecule has 1 aromatic rings. The highest BCUT2D eigenvalue weighted by molar-refractivity contribution is 5.86. The second-order valence-corrected chi connectivity index (χ2v) is 5.51. The molecule has 23 heavy (non-hydrogen) atoms. The number of aromatic nitrogens is 1. The second kappa shape index (κ2) is 9.66. The lowest BCUT2D eigenvalue weighted by atomic mass is 10.3. The van der Waals surface area contributed by atoms with Gasteiger partial charge in [0, 0.05) is 32.9 Å². The van der Waals surface area contributed by atoms with Crippen LogP contribution in [-0.2, 0) is 11.3 Å². The first-order valence-electron chi connectivity index (χ1n) is 7.76. The number of hydrogen-bond acceptors (Lipinski definition) is 4. The summed E-state index contributed by atoms with van der Waals surface area (Å²) in [5.74, 6) is 1.20. The Morgan fingerprint density at radius 1 is 1.35 bits per heavy atom. The molecule has 0 aliphatic rings. The third kappa shape index (κ3) is 7.49. The maximum atomic E-state index is 11.6. The van der Waals surface area contributed by atoms with Gasteiger partial charge in [0.05, 0.1) is 19.2 Å². The van der Waals surface area contributed by atoms with Crippen molar-refractivity contribution >= 4 is 11.9 Å². The number of rotatable bonds is 7. The van der Waals surface area contributed by atoms with Gasteiger partial charge in [0.25, 0.3) is 0 Å². The van der Waals surface area contributed by atoms with E-state index in [2.05, 4.69) is 20.6 Å². The minimum Gasteiger partial charge on any atom is -0.475 e. The predicted molar refractivity (Wildman–Crippen MR) is 91.5 cm³/mol. The van der Waals surface area contributed by atoms with E-state index < -0.39 is 0 Å². The molecule has 128 valence electrons. The van der Waals surface area contributed by atoms with Crippen LogP contribution in [0, 0.1) is 0 Å². The van der Waals surface area contributed by atoms with E-state index in [1.165, 1.54) is 4.90 Å². The fraction of sp³-hybridized carbons (Fsp3) is 0.562. The van der Waals surface area contributed by atoms with E-state index in [1.54, 1.807) is 20.3 Å². The molecule has 1 heterocycles. The standard InChI is InChI=1S/C16H27N5O2/c1-6-17-16(20-11-15(22)21(4)5)19-10-13-7-8-14(18-9-13)23-12(2)3/h7-9,12H,6,10-11H2,1-5H3,(H2,17,19,20). The van der Waals surface area contributed by atoms with Gasteiger partial charge in [-0.3, -0.25) is 4.79 Å². The largest absolute Gasteiger partial charge is 0.475 e. The number of aliphatic imine (C=N–C) groups is 1. The Kier molecular flexibility index (Phi) is 7.87. The Morgan fingerprint density at radius 2 is 2.09 bits per heavy atom. The zero-order valence-corrected chi connectivity index (χ0v) is 14.6. The van der Waals surface area contributed by atoms with E-state index >= 15 is 0 Å². The quantitative estimate of drug-likeness (QED) is 0.579. The summed E-state index contributed by atoms with van der Waals surface area (Å²) in [6, 6.07) is 3.77. The van der Waals surface area contributed by atoms with E-state index in [-0.39, 0.29) is 18.6 Å². The number of carbonyl (C=O) groups excluding carboxylic acids is 1. The van der Waals surface area contributed by atoms with Crippen molar-refractivity contribution in [3.8, 4) is 5.88 Å². The molecule has 0 spiro atoms. The molecule has 0 atom stereocenters. The summed E-state index contributed by atoms with van der Waals surface area (Å²) in [5, 5.41) is 6.12. The molecular weight excluding hydrogens is 294 g/mol.